The van der Waals surface area contributed by atoms with Crippen molar-refractivity contribution in [2.24, 2.45) is 0 Å². The number of hydrogen-bond donors (Lipinski definition) is 1. The Kier molecular flexibility index (Phi) is 7.02. The zero-order valence-electron chi connectivity index (χ0n) is 12.9. The Balaban J connectivity index is 1.90. The molecular formula is C15H24NO5P. The summed E-state index contributed by atoms with van der Waals surface area (Å²) in [5.74, 6) is 0. The number of ether oxygens (including phenoxy) is 1. The third-order valence-electron chi connectivity index (χ3n) is 3.45. The zero-order valence-corrected chi connectivity index (χ0v) is 13.8. The number of aliphatic hydroxyl groups is 1. The summed E-state index contributed by atoms with van der Waals surface area (Å²) in [4.78, 5) is 0. The lowest BCUT2D eigenvalue weighted by molar-refractivity contribution is 0.0469. The van der Waals surface area contributed by atoms with Crippen LogP contribution in [0.25, 0.3) is 0 Å². The molecule has 1 aliphatic heterocycles. The van der Waals surface area contributed by atoms with Crippen molar-refractivity contribution in [2.75, 3.05) is 46.1 Å². The summed E-state index contributed by atoms with van der Waals surface area (Å²) < 4.78 is 30.8. The number of benzene rings is 1. The Bertz CT molecular complexity index is 487. The van der Waals surface area contributed by atoms with Crippen molar-refractivity contribution in [1.29, 1.82) is 0 Å². The molecule has 0 radical (unpaired) electrons. The van der Waals surface area contributed by atoms with Gasteiger partial charge in [-0.2, -0.15) is 0 Å². The molecule has 6 nitrogen and oxygen atoms in total. The molecular weight excluding hydrogens is 305 g/mol. The number of rotatable bonds is 8. The minimum Gasteiger partial charge on any atom is -0.394 e. The highest BCUT2D eigenvalue weighted by atomic mass is 31.2. The average Bonchev–Trinajstić information content (AvgIpc) is 2.56. The van der Waals surface area contributed by atoms with E-state index in [0.29, 0.717) is 39.3 Å². The van der Waals surface area contributed by atoms with Gasteiger partial charge in [0, 0.05) is 13.1 Å². The smallest absolute Gasteiger partial charge is 0.394 e. The van der Waals surface area contributed by atoms with Gasteiger partial charge in [-0.15, -0.1) is 0 Å². The summed E-state index contributed by atoms with van der Waals surface area (Å²) in [6, 6.07) is 8.15. The second kappa shape index (κ2) is 8.77. The minimum atomic E-state index is -3.36. The number of hydrogen-bond acceptors (Lipinski definition) is 5. The van der Waals surface area contributed by atoms with Crippen molar-refractivity contribution in [3.05, 3.63) is 35.4 Å². The van der Waals surface area contributed by atoms with E-state index in [1.165, 1.54) is 5.56 Å². The first-order valence-electron chi connectivity index (χ1n) is 7.53. The van der Waals surface area contributed by atoms with Crippen LogP contribution in [0.4, 0.5) is 0 Å². The van der Waals surface area contributed by atoms with E-state index in [4.69, 9.17) is 18.9 Å². The molecule has 0 spiro atoms. The lowest BCUT2D eigenvalue weighted by atomic mass is 10.1. The van der Waals surface area contributed by atoms with Crippen molar-refractivity contribution >= 4 is 7.75 Å². The largest absolute Gasteiger partial charge is 0.408 e. The minimum absolute atomic E-state index is 0.000827. The van der Waals surface area contributed by atoms with E-state index in [0.717, 1.165) is 5.56 Å². The Morgan fingerprint density at radius 3 is 2.45 bits per heavy atom. The van der Waals surface area contributed by atoms with Gasteiger partial charge in [0.05, 0.1) is 33.0 Å². The van der Waals surface area contributed by atoms with Crippen molar-refractivity contribution in [3.63, 3.8) is 0 Å². The fraction of sp³-hybridized carbons (Fsp3) is 0.600. The Morgan fingerprint density at radius 2 is 1.82 bits per heavy atom. The molecule has 1 aromatic rings. The highest BCUT2D eigenvalue weighted by molar-refractivity contribution is 7.51. The van der Waals surface area contributed by atoms with Gasteiger partial charge in [-0.3, -0.25) is 9.05 Å². The van der Waals surface area contributed by atoms with E-state index in [9.17, 15) is 4.57 Å². The molecule has 1 atom stereocenters. The average molecular weight is 329 g/mol. The molecule has 7 heteroatoms. The quantitative estimate of drug-likeness (QED) is 0.736. The van der Waals surface area contributed by atoms with Gasteiger partial charge >= 0.3 is 7.75 Å². The summed E-state index contributed by atoms with van der Waals surface area (Å²) in [5.41, 5.74) is 2.33. The standard InChI is InChI=1S/C15H24NO5P/c1-14-2-4-15(5-3-14)6-10-20-22(18,21-13-9-17)16-7-11-19-12-8-16/h2-5,17H,6-13H2,1H3. The topological polar surface area (TPSA) is 68.2 Å². The van der Waals surface area contributed by atoms with Crippen LogP contribution in [0, 0.1) is 6.92 Å². The third kappa shape index (κ3) is 5.16. The number of aryl methyl sites for hydroxylation is 1. The van der Waals surface area contributed by atoms with Crippen molar-refractivity contribution in [3.8, 4) is 0 Å². The van der Waals surface area contributed by atoms with E-state index in [1.807, 2.05) is 31.2 Å². The van der Waals surface area contributed by atoms with Crippen LogP contribution in [-0.2, 0) is 24.8 Å². The first-order valence-corrected chi connectivity index (χ1v) is 9.02. The van der Waals surface area contributed by atoms with E-state index in [-0.39, 0.29) is 13.2 Å². The van der Waals surface area contributed by atoms with Crippen LogP contribution >= 0.6 is 7.75 Å². The molecule has 1 fully saturated rings. The molecule has 1 saturated heterocycles. The first kappa shape index (κ1) is 17.6. The monoisotopic (exact) mass is 329 g/mol. The molecule has 1 unspecified atom stereocenters. The lowest BCUT2D eigenvalue weighted by Gasteiger charge is -2.32. The normalized spacial score (nSPS) is 19.0. The third-order valence-corrected chi connectivity index (χ3v) is 5.56. The first-order chi connectivity index (χ1) is 10.6. The molecule has 1 N–H and O–H groups in total. The fourth-order valence-electron chi connectivity index (χ4n) is 2.19. The summed E-state index contributed by atoms with van der Waals surface area (Å²) in [6.45, 7) is 4.19. The van der Waals surface area contributed by atoms with E-state index < -0.39 is 7.75 Å². The highest BCUT2D eigenvalue weighted by Gasteiger charge is 2.34. The number of morpholine rings is 1. The maximum Gasteiger partial charge on any atom is 0.408 e. The predicted molar refractivity (Wildman–Crippen MR) is 83.9 cm³/mol. The summed E-state index contributed by atoms with van der Waals surface area (Å²) in [5, 5.41) is 8.91. The van der Waals surface area contributed by atoms with Gasteiger partial charge in [-0.05, 0) is 18.9 Å². The van der Waals surface area contributed by atoms with Gasteiger partial charge in [0.2, 0.25) is 0 Å². The van der Waals surface area contributed by atoms with Crippen LogP contribution < -0.4 is 0 Å². The van der Waals surface area contributed by atoms with E-state index in [2.05, 4.69) is 0 Å². The van der Waals surface area contributed by atoms with Crippen molar-refractivity contribution < 1.29 is 23.5 Å². The highest BCUT2D eigenvalue weighted by Crippen LogP contribution is 2.52. The van der Waals surface area contributed by atoms with Gasteiger partial charge in [-0.25, -0.2) is 9.24 Å². The maximum atomic E-state index is 12.9. The van der Waals surface area contributed by atoms with Crippen LogP contribution in [0.5, 0.6) is 0 Å². The van der Waals surface area contributed by atoms with Gasteiger partial charge in [0.15, 0.2) is 0 Å². The summed E-state index contributed by atoms with van der Waals surface area (Å²) in [7, 11) is -3.36. The molecule has 0 aromatic heterocycles. The molecule has 1 aromatic carbocycles. The molecule has 0 bridgehead atoms. The van der Waals surface area contributed by atoms with E-state index >= 15 is 0 Å². The van der Waals surface area contributed by atoms with Crippen LogP contribution in [-0.4, -0.2) is 55.9 Å². The molecule has 1 heterocycles. The molecule has 22 heavy (non-hydrogen) atoms. The molecule has 0 saturated carbocycles. The van der Waals surface area contributed by atoms with Gasteiger partial charge in [0.1, 0.15) is 0 Å². The second-order valence-electron chi connectivity index (χ2n) is 5.16. The lowest BCUT2D eigenvalue weighted by Crippen LogP contribution is -2.35. The van der Waals surface area contributed by atoms with Gasteiger partial charge < -0.3 is 9.84 Å². The predicted octanol–water partition coefficient (Wildman–Crippen LogP) is 2.00. The van der Waals surface area contributed by atoms with Crippen molar-refractivity contribution in [2.45, 2.75) is 13.3 Å². The number of aliphatic hydroxyl groups excluding tert-OH is 1. The Morgan fingerprint density at radius 1 is 1.18 bits per heavy atom. The Labute approximate surface area is 131 Å². The number of nitrogens with zero attached hydrogens (tertiary/aromatic N) is 1. The molecule has 1 aliphatic rings. The fourth-order valence-corrected chi connectivity index (χ4v) is 3.88. The Hall–Kier alpha value is -0.750. The van der Waals surface area contributed by atoms with Crippen LogP contribution in [0.2, 0.25) is 0 Å². The molecule has 0 aliphatic carbocycles. The summed E-state index contributed by atoms with van der Waals surface area (Å²) in [6.07, 6.45) is 0.664. The molecule has 2 rings (SSSR count). The van der Waals surface area contributed by atoms with Gasteiger partial charge in [-0.1, -0.05) is 29.8 Å². The maximum absolute atomic E-state index is 12.9. The SMILES string of the molecule is Cc1ccc(CCOP(=O)(OCCO)N2CCOCC2)cc1. The van der Waals surface area contributed by atoms with Crippen LogP contribution in [0.15, 0.2) is 24.3 Å². The second-order valence-corrected chi connectivity index (χ2v) is 7.18. The van der Waals surface area contributed by atoms with Gasteiger partial charge in [0.25, 0.3) is 0 Å². The summed E-state index contributed by atoms with van der Waals surface area (Å²) >= 11 is 0. The van der Waals surface area contributed by atoms with Crippen molar-refractivity contribution in [1.82, 2.24) is 4.67 Å². The van der Waals surface area contributed by atoms with Crippen LogP contribution in [0.1, 0.15) is 11.1 Å². The van der Waals surface area contributed by atoms with E-state index in [1.54, 1.807) is 4.67 Å². The molecule has 124 valence electrons. The van der Waals surface area contributed by atoms with Crippen LogP contribution in [0.3, 0.4) is 0 Å². The molecule has 0 amide bonds. The zero-order chi connectivity index (χ0) is 15.8.